The number of hydrogen-bond acceptors (Lipinski definition) is 3. The predicted octanol–water partition coefficient (Wildman–Crippen LogP) is 1.30. The Morgan fingerprint density at radius 1 is 1.53 bits per heavy atom. The molecule has 0 aliphatic heterocycles. The molecule has 106 valence electrons. The Morgan fingerprint density at radius 3 is 2.89 bits per heavy atom. The molecule has 1 aliphatic rings. The van der Waals surface area contributed by atoms with Crippen LogP contribution in [-0.4, -0.2) is 28.3 Å². The molecule has 0 unspecified atom stereocenters. The van der Waals surface area contributed by atoms with Crippen molar-refractivity contribution in [1.82, 2.24) is 20.4 Å². The zero-order valence-corrected chi connectivity index (χ0v) is 12.1. The summed E-state index contributed by atoms with van der Waals surface area (Å²) < 4.78 is 1.85. The van der Waals surface area contributed by atoms with Crippen LogP contribution < -0.4 is 10.6 Å². The fourth-order valence-electron chi connectivity index (χ4n) is 2.13. The van der Waals surface area contributed by atoms with Gasteiger partial charge in [0.2, 0.25) is 5.91 Å². The highest BCUT2D eigenvalue weighted by atomic mass is 16.1. The van der Waals surface area contributed by atoms with Crippen molar-refractivity contribution in [2.75, 3.05) is 6.54 Å². The molecule has 0 spiro atoms. The second kappa shape index (κ2) is 6.19. The Balaban J connectivity index is 1.71. The molecule has 5 nitrogen and oxygen atoms in total. The van der Waals surface area contributed by atoms with Crippen LogP contribution in [0.3, 0.4) is 0 Å². The minimum absolute atomic E-state index is 0.158. The van der Waals surface area contributed by atoms with Crippen molar-refractivity contribution in [3.05, 3.63) is 17.5 Å². The van der Waals surface area contributed by atoms with Gasteiger partial charge in [0.05, 0.1) is 5.69 Å². The summed E-state index contributed by atoms with van der Waals surface area (Å²) in [4.78, 5) is 11.5. The monoisotopic (exact) mass is 264 g/mol. The summed E-state index contributed by atoms with van der Waals surface area (Å²) in [7, 11) is 1.94. The van der Waals surface area contributed by atoms with E-state index in [2.05, 4.69) is 29.6 Å². The first-order chi connectivity index (χ1) is 9.06. The molecule has 0 bridgehead atoms. The van der Waals surface area contributed by atoms with Crippen LogP contribution >= 0.6 is 0 Å². The van der Waals surface area contributed by atoms with Gasteiger partial charge in [-0.2, -0.15) is 5.10 Å². The van der Waals surface area contributed by atoms with Gasteiger partial charge >= 0.3 is 0 Å². The molecule has 1 aromatic heterocycles. The third kappa shape index (κ3) is 4.35. The van der Waals surface area contributed by atoms with E-state index in [1.807, 2.05) is 17.9 Å². The fraction of sp³-hybridized carbons (Fsp3) is 0.714. The van der Waals surface area contributed by atoms with Gasteiger partial charge in [0.15, 0.2) is 0 Å². The molecule has 1 aromatic rings. The second-order valence-corrected chi connectivity index (χ2v) is 5.64. The van der Waals surface area contributed by atoms with Crippen LogP contribution in [0, 0.1) is 0 Å². The van der Waals surface area contributed by atoms with Gasteiger partial charge in [0, 0.05) is 44.4 Å². The Bertz CT molecular complexity index is 435. The highest BCUT2D eigenvalue weighted by molar-refractivity contribution is 5.76. The third-order valence-electron chi connectivity index (χ3n) is 3.27. The normalized spacial score (nSPS) is 14.9. The molecule has 1 fully saturated rings. The maximum atomic E-state index is 11.5. The zero-order chi connectivity index (χ0) is 13.8. The van der Waals surface area contributed by atoms with E-state index in [1.165, 1.54) is 5.56 Å². The molecule has 0 radical (unpaired) electrons. The molecule has 0 atom stereocenters. The lowest BCUT2D eigenvalue weighted by molar-refractivity contribution is -0.121. The molecule has 2 rings (SSSR count). The quantitative estimate of drug-likeness (QED) is 0.730. The van der Waals surface area contributed by atoms with Crippen LogP contribution in [0.15, 0.2) is 6.20 Å². The summed E-state index contributed by atoms with van der Waals surface area (Å²) in [5.41, 5.74) is 2.36. The summed E-state index contributed by atoms with van der Waals surface area (Å²) in [6, 6.07) is 0.457. The van der Waals surface area contributed by atoms with Crippen LogP contribution in [-0.2, 0) is 18.4 Å². The Hall–Kier alpha value is -1.36. The third-order valence-corrected chi connectivity index (χ3v) is 3.27. The topological polar surface area (TPSA) is 59.0 Å². The standard InChI is InChI=1S/C14H24N4O/c1-10(2)14-11(9-18(3)17-14)8-15-7-6-13(19)16-12-4-5-12/h9-10,12,15H,4-8H2,1-3H3,(H,16,19). The van der Waals surface area contributed by atoms with E-state index in [0.717, 1.165) is 25.1 Å². The molecular formula is C14H24N4O. The van der Waals surface area contributed by atoms with Gasteiger partial charge in [-0.1, -0.05) is 13.8 Å². The SMILES string of the molecule is CC(C)c1nn(C)cc1CNCCC(=O)NC1CC1. The lowest BCUT2D eigenvalue weighted by Gasteiger charge is -2.07. The highest BCUT2D eigenvalue weighted by Crippen LogP contribution is 2.18. The summed E-state index contributed by atoms with van der Waals surface area (Å²) in [5.74, 6) is 0.585. The smallest absolute Gasteiger partial charge is 0.221 e. The van der Waals surface area contributed by atoms with Crippen LogP contribution in [0.5, 0.6) is 0 Å². The Morgan fingerprint density at radius 2 is 2.26 bits per heavy atom. The van der Waals surface area contributed by atoms with Gasteiger partial charge in [-0.15, -0.1) is 0 Å². The molecule has 1 heterocycles. The van der Waals surface area contributed by atoms with E-state index >= 15 is 0 Å². The number of carbonyl (C=O) groups excluding carboxylic acids is 1. The van der Waals surface area contributed by atoms with E-state index in [0.29, 0.717) is 24.9 Å². The molecule has 1 saturated carbocycles. The number of hydrogen-bond donors (Lipinski definition) is 2. The maximum Gasteiger partial charge on any atom is 0.221 e. The zero-order valence-electron chi connectivity index (χ0n) is 12.1. The molecule has 5 heteroatoms. The van der Waals surface area contributed by atoms with Crippen molar-refractivity contribution >= 4 is 5.91 Å². The first kappa shape index (κ1) is 14.1. The van der Waals surface area contributed by atoms with Gasteiger partial charge in [0.1, 0.15) is 0 Å². The van der Waals surface area contributed by atoms with Gasteiger partial charge in [-0.3, -0.25) is 9.48 Å². The first-order valence-electron chi connectivity index (χ1n) is 7.08. The number of nitrogens with zero attached hydrogens (tertiary/aromatic N) is 2. The minimum Gasteiger partial charge on any atom is -0.353 e. The lowest BCUT2D eigenvalue weighted by Crippen LogP contribution is -2.29. The number of aryl methyl sites for hydroxylation is 1. The van der Waals surface area contributed by atoms with Crippen molar-refractivity contribution in [1.29, 1.82) is 0 Å². The van der Waals surface area contributed by atoms with Crippen LogP contribution in [0.4, 0.5) is 0 Å². The lowest BCUT2D eigenvalue weighted by atomic mass is 10.1. The molecule has 2 N–H and O–H groups in total. The van der Waals surface area contributed by atoms with E-state index < -0.39 is 0 Å². The van der Waals surface area contributed by atoms with Crippen molar-refractivity contribution < 1.29 is 4.79 Å². The molecule has 0 aromatic carbocycles. The average molecular weight is 264 g/mol. The Kier molecular flexibility index (Phi) is 4.58. The van der Waals surface area contributed by atoms with Crippen molar-refractivity contribution in [2.24, 2.45) is 7.05 Å². The van der Waals surface area contributed by atoms with E-state index in [4.69, 9.17) is 0 Å². The fourth-order valence-corrected chi connectivity index (χ4v) is 2.13. The van der Waals surface area contributed by atoms with Crippen molar-refractivity contribution in [3.63, 3.8) is 0 Å². The van der Waals surface area contributed by atoms with Gasteiger partial charge < -0.3 is 10.6 Å². The predicted molar refractivity (Wildman–Crippen MR) is 74.8 cm³/mol. The molecule has 19 heavy (non-hydrogen) atoms. The van der Waals surface area contributed by atoms with Crippen LogP contribution in [0.25, 0.3) is 0 Å². The number of aromatic nitrogens is 2. The van der Waals surface area contributed by atoms with Gasteiger partial charge in [-0.25, -0.2) is 0 Å². The largest absolute Gasteiger partial charge is 0.353 e. The number of nitrogens with one attached hydrogen (secondary N) is 2. The Labute approximate surface area is 114 Å². The average Bonchev–Trinajstić information content (AvgIpc) is 3.06. The maximum absolute atomic E-state index is 11.5. The number of carbonyl (C=O) groups is 1. The summed E-state index contributed by atoms with van der Waals surface area (Å²) in [5, 5.41) is 10.8. The van der Waals surface area contributed by atoms with Crippen molar-refractivity contribution in [3.8, 4) is 0 Å². The molecular weight excluding hydrogens is 240 g/mol. The highest BCUT2D eigenvalue weighted by Gasteiger charge is 2.22. The van der Waals surface area contributed by atoms with Crippen LogP contribution in [0.2, 0.25) is 0 Å². The molecule has 1 aliphatic carbocycles. The number of rotatable bonds is 7. The minimum atomic E-state index is 0.158. The summed E-state index contributed by atoms with van der Waals surface area (Å²) in [6.45, 7) is 5.78. The summed E-state index contributed by atoms with van der Waals surface area (Å²) >= 11 is 0. The van der Waals surface area contributed by atoms with Crippen LogP contribution in [0.1, 0.15) is 50.3 Å². The van der Waals surface area contributed by atoms with Crippen molar-refractivity contribution in [2.45, 2.75) is 51.6 Å². The second-order valence-electron chi connectivity index (χ2n) is 5.64. The van der Waals surface area contributed by atoms with E-state index in [1.54, 1.807) is 0 Å². The molecule has 0 saturated heterocycles. The van der Waals surface area contributed by atoms with Gasteiger partial charge in [-0.05, 0) is 18.8 Å². The number of amides is 1. The van der Waals surface area contributed by atoms with E-state index in [9.17, 15) is 4.79 Å². The van der Waals surface area contributed by atoms with E-state index in [-0.39, 0.29) is 5.91 Å². The van der Waals surface area contributed by atoms with Gasteiger partial charge in [0.25, 0.3) is 0 Å². The molecule has 1 amide bonds. The summed E-state index contributed by atoms with van der Waals surface area (Å²) in [6.07, 6.45) is 4.89. The first-order valence-corrected chi connectivity index (χ1v) is 7.08.